The molecule has 0 aliphatic heterocycles. The first-order chi connectivity index (χ1) is 16.4. The minimum absolute atomic E-state index is 0.0764. The number of aromatic hydroxyl groups is 1. The predicted octanol–water partition coefficient (Wildman–Crippen LogP) is 4.97. The van der Waals surface area contributed by atoms with Crippen molar-refractivity contribution in [2.45, 2.75) is 13.0 Å². The van der Waals surface area contributed by atoms with Gasteiger partial charge in [0.2, 0.25) is 5.91 Å². The number of rotatable bonds is 7. The zero-order valence-electron chi connectivity index (χ0n) is 18.4. The fraction of sp³-hybridized carbons (Fsp3) is 0.115. The van der Waals surface area contributed by atoms with Gasteiger partial charge in [0.05, 0.1) is 23.0 Å². The van der Waals surface area contributed by atoms with Crippen LogP contribution in [0.5, 0.6) is 5.75 Å². The second kappa shape index (κ2) is 11.2. The van der Waals surface area contributed by atoms with E-state index in [0.29, 0.717) is 28.2 Å². The number of nitrogen functional groups attached to an aromatic ring is 1. The van der Waals surface area contributed by atoms with Crippen LogP contribution in [0.15, 0.2) is 84.9 Å². The van der Waals surface area contributed by atoms with Gasteiger partial charge in [0.15, 0.2) is 0 Å². The molecule has 0 spiro atoms. The summed E-state index contributed by atoms with van der Waals surface area (Å²) < 4.78 is 5.67. The van der Waals surface area contributed by atoms with E-state index in [0.717, 1.165) is 0 Å². The van der Waals surface area contributed by atoms with Crippen LogP contribution in [0.2, 0.25) is 0 Å². The van der Waals surface area contributed by atoms with Crippen molar-refractivity contribution in [2.75, 3.05) is 16.4 Å². The third-order valence-corrected chi connectivity index (χ3v) is 4.96. The van der Waals surface area contributed by atoms with E-state index in [1.54, 1.807) is 73.7 Å². The largest absolute Gasteiger partial charge is 0.508 e. The van der Waals surface area contributed by atoms with Crippen LogP contribution in [0.4, 0.5) is 21.9 Å². The van der Waals surface area contributed by atoms with Crippen molar-refractivity contribution in [2.24, 2.45) is 5.92 Å². The zero-order valence-corrected chi connectivity index (χ0v) is 18.4. The maximum Gasteiger partial charge on any atom is 0.412 e. The van der Waals surface area contributed by atoms with Crippen molar-refractivity contribution < 1.29 is 19.4 Å². The van der Waals surface area contributed by atoms with Crippen LogP contribution >= 0.6 is 0 Å². The Bertz CT molecular complexity index is 1210. The lowest BCUT2D eigenvalue weighted by atomic mass is 9.96. The summed E-state index contributed by atoms with van der Waals surface area (Å²) in [5, 5.41) is 23.8. The van der Waals surface area contributed by atoms with Gasteiger partial charge in [0, 0.05) is 11.6 Å². The summed E-state index contributed by atoms with van der Waals surface area (Å²) in [5.74, 6) is -0.695. The number of hydrogen-bond donors (Lipinski definition) is 4. The molecule has 0 saturated carbocycles. The first kappa shape index (κ1) is 23.9. The van der Waals surface area contributed by atoms with Crippen LogP contribution in [0.3, 0.4) is 0 Å². The number of nitrogens with zero attached hydrogens (tertiary/aromatic N) is 1. The first-order valence-corrected chi connectivity index (χ1v) is 10.5. The number of hydrogen-bond acceptors (Lipinski definition) is 6. The average Bonchev–Trinajstić information content (AvgIpc) is 2.83. The Kier molecular flexibility index (Phi) is 7.87. The van der Waals surface area contributed by atoms with Crippen LogP contribution in [0.1, 0.15) is 24.2 Å². The lowest BCUT2D eigenvalue weighted by molar-refractivity contribution is -0.111. The van der Waals surface area contributed by atoms with Gasteiger partial charge in [-0.2, -0.15) is 5.26 Å². The van der Waals surface area contributed by atoms with E-state index in [1.165, 1.54) is 18.2 Å². The van der Waals surface area contributed by atoms with Crippen molar-refractivity contribution in [3.05, 3.63) is 96.1 Å². The van der Waals surface area contributed by atoms with Crippen molar-refractivity contribution in [3.63, 3.8) is 0 Å². The highest BCUT2D eigenvalue weighted by Gasteiger charge is 2.22. The van der Waals surface area contributed by atoms with Gasteiger partial charge in [-0.3, -0.25) is 10.1 Å². The molecule has 3 aromatic carbocycles. The number of carbonyl (C=O) groups is 2. The van der Waals surface area contributed by atoms with E-state index in [-0.39, 0.29) is 11.7 Å². The number of phenols is 1. The zero-order chi connectivity index (χ0) is 24.5. The summed E-state index contributed by atoms with van der Waals surface area (Å²) in [6, 6.07) is 21.5. The lowest BCUT2D eigenvalue weighted by Gasteiger charge is -2.23. The molecule has 0 aliphatic carbocycles. The Hall–Kier alpha value is -4.77. The number of benzene rings is 3. The Morgan fingerprint density at radius 2 is 1.71 bits per heavy atom. The fourth-order valence-electron chi connectivity index (χ4n) is 3.16. The van der Waals surface area contributed by atoms with Crippen LogP contribution in [0, 0.1) is 17.2 Å². The van der Waals surface area contributed by atoms with Gasteiger partial charge in [-0.25, -0.2) is 4.79 Å². The predicted molar refractivity (Wildman–Crippen MR) is 130 cm³/mol. The maximum atomic E-state index is 12.6. The number of nitriles is 1. The minimum Gasteiger partial charge on any atom is -0.508 e. The normalized spacial score (nSPS) is 12.4. The van der Waals surface area contributed by atoms with Crippen LogP contribution in [-0.4, -0.2) is 17.1 Å². The van der Waals surface area contributed by atoms with Crippen LogP contribution < -0.4 is 16.4 Å². The molecule has 172 valence electrons. The molecule has 3 rings (SSSR count). The standard InChI is InChI=1S/C26H24N4O4/c1-17(6-15-24(32)30-23-5-3-2-4-22(23)28)25(19-9-13-21(31)14-10-19)34-26(33)29-20-11-7-18(16-27)8-12-20/h2-15,17,25,31H,28H2,1H3,(H,29,33)(H,30,32)/b15-6+/t17-,25-/m0/s1. The third-order valence-electron chi connectivity index (χ3n) is 4.96. The van der Waals surface area contributed by atoms with Gasteiger partial charge in [-0.1, -0.05) is 37.3 Å². The molecule has 0 bridgehead atoms. The number of amides is 2. The molecule has 0 aromatic heterocycles. The van der Waals surface area contributed by atoms with E-state index in [1.807, 2.05) is 6.07 Å². The molecule has 0 aliphatic rings. The molecule has 0 unspecified atom stereocenters. The molecule has 0 radical (unpaired) electrons. The fourth-order valence-corrected chi connectivity index (χ4v) is 3.16. The van der Waals surface area contributed by atoms with E-state index in [9.17, 15) is 14.7 Å². The molecule has 0 heterocycles. The van der Waals surface area contributed by atoms with Crippen molar-refractivity contribution >= 4 is 29.1 Å². The number of para-hydroxylation sites is 2. The molecule has 2 atom stereocenters. The van der Waals surface area contributed by atoms with E-state index < -0.39 is 18.1 Å². The monoisotopic (exact) mass is 456 g/mol. The van der Waals surface area contributed by atoms with Gasteiger partial charge >= 0.3 is 6.09 Å². The van der Waals surface area contributed by atoms with Crippen molar-refractivity contribution in [1.82, 2.24) is 0 Å². The second-order valence-electron chi connectivity index (χ2n) is 7.53. The van der Waals surface area contributed by atoms with Crippen LogP contribution in [-0.2, 0) is 9.53 Å². The molecule has 2 amide bonds. The van der Waals surface area contributed by atoms with E-state index in [2.05, 4.69) is 10.6 Å². The summed E-state index contributed by atoms with van der Waals surface area (Å²) in [4.78, 5) is 24.9. The molecular weight excluding hydrogens is 432 g/mol. The molecule has 5 N–H and O–H groups in total. The van der Waals surface area contributed by atoms with Gasteiger partial charge < -0.3 is 20.9 Å². The van der Waals surface area contributed by atoms with Gasteiger partial charge in [0.1, 0.15) is 11.9 Å². The number of nitrogens with one attached hydrogen (secondary N) is 2. The van der Waals surface area contributed by atoms with Gasteiger partial charge in [-0.15, -0.1) is 0 Å². The van der Waals surface area contributed by atoms with Gasteiger partial charge in [-0.05, 0) is 60.2 Å². The summed E-state index contributed by atoms with van der Waals surface area (Å²) in [6.07, 6.45) is 1.53. The number of ether oxygens (including phenoxy) is 1. The number of carbonyl (C=O) groups excluding carboxylic acids is 2. The Morgan fingerprint density at radius 3 is 2.35 bits per heavy atom. The average molecular weight is 457 g/mol. The van der Waals surface area contributed by atoms with Gasteiger partial charge in [0.25, 0.3) is 0 Å². The summed E-state index contributed by atoms with van der Waals surface area (Å²) in [6.45, 7) is 1.80. The Balaban J connectivity index is 1.72. The summed E-state index contributed by atoms with van der Waals surface area (Å²) in [7, 11) is 0. The molecule has 8 nitrogen and oxygen atoms in total. The molecular formula is C26H24N4O4. The quantitative estimate of drug-likeness (QED) is 0.293. The third kappa shape index (κ3) is 6.61. The molecule has 0 fully saturated rings. The Labute approximate surface area is 197 Å². The topological polar surface area (TPSA) is 137 Å². The Morgan fingerprint density at radius 1 is 1.03 bits per heavy atom. The highest BCUT2D eigenvalue weighted by molar-refractivity contribution is 6.01. The molecule has 3 aromatic rings. The highest BCUT2D eigenvalue weighted by atomic mass is 16.6. The lowest BCUT2D eigenvalue weighted by Crippen LogP contribution is -2.21. The van der Waals surface area contributed by atoms with Crippen molar-refractivity contribution in [3.8, 4) is 11.8 Å². The number of phenolic OH excluding ortho intramolecular Hbond substituents is 1. The van der Waals surface area contributed by atoms with E-state index >= 15 is 0 Å². The summed E-state index contributed by atoms with van der Waals surface area (Å²) >= 11 is 0. The number of nitrogens with two attached hydrogens (primary N) is 1. The highest BCUT2D eigenvalue weighted by Crippen LogP contribution is 2.29. The van der Waals surface area contributed by atoms with Crippen molar-refractivity contribution in [1.29, 1.82) is 5.26 Å². The maximum absolute atomic E-state index is 12.6. The number of anilines is 3. The second-order valence-corrected chi connectivity index (χ2v) is 7.53. The molecule has 8 heteroatoms. The van der Waals surface area contributed by atoms with Crippen LogP contribution in [0.25, 0.3) is 0 Å². The van der Waals surface area contributed by atoms with E-state index in [4.69, 9.17) is 15.7 Å². The molecule has 34 heavy (non-hydrogen) atoms. The minimum atomic E-state index is -0.746. The smallest absolute Gasteiger partial charge is 0.412 e. The summed E-state index contributed by atoms with van der Waals surface area (Å²) in [5.41, 5.74) is 8.37. The molecule has 0 saturated heterocycles. The SMILES string of the molecule is C[C@@H](/C=C/C(=O)Nc1ccccc1N)[C@H](OC(=O)Nc1ccc(C#N)cc1)c1ccc(O)cc1. The first-order valence-electron chi connectivity index (χ1n) is 10.5.